The van der Waals surface area contributed by atoms with Gasteiger partial charge in [0, 0.05) is 12.5 Å². The number of aliphatic hydroxyl groups is 1. The van der Waals surface area contributed by atoms with Gasteiger partial charge in [-0.3, -0.25) is 4.79 Å². The normalized spacial score (nSPS) is 24.9. The second-order valence-corrected chi connectivity index (χ2v) is 9.73. The van der Waals surface area contributed by atoms with Crippen LogP contribution in [0, 0.1) is 5.82 Å². The SMILES string of the molecule is CCS(=O)(=O)N1CC(=O)N2[C@H](CO)[C@@H](c3ccc(-c4cccc(F)c4)cc3)[C@@H]2C1. The Labute approximate surface area is 169 Å². The van der Waals surface area contributed by atoms with E-state index in [-0.39, 0.29) is 55.2 Å². The Morgan fingerprint density at radius 2 is 1.86 bits per heavy atom. The van der Waals surface area contributed by atoms with Crippen LogP contribution in [0.5, 0.6) is 0 Å². The molecule has 154 valence electrons. The van der Waals surface area contributed by atoms with Crippen LogP contribution in [0.1, 0.15) is 18.4 Å². The van der Waals surface area contributed by atoms with Gasteiger partial charge in [-0.2, -0.15) is 4.31 Å². The molecule has 1 amide bonds. The lowest BCUT2D eigenvalue weighted by atomic mass is 9.74. The minimum absolute atomic E-state index is 0.0522. The maximum absolute atomic E-state index is 13.5. The maximum Gasteiger partial charge on any atom is 0.238 e. The summed E-state index contributed by atoms with van der Waals surface area (Å²) < 4.78 is 39.3. The molecule has 8 heteroatoms. The lowest BCUT2D eigenvalue weighted by molar-refractivity contribution is -0.158. The van der Waals surface area contributed by atoms with Crippen molar-refractivity contribution < 1.29 is 22.7 Å². The topological polar surface area (TPSA) is 77.9 Å². The highest BCUT2D eigenvalue weighted by molar-refractivity contribution is 7.89. The molecule has 29 heavy (non-hydrogen) atoms. The molecule has 0 saturated carbocycles. The van der Waals surface area contributed by atoms with Crippen LogP contribution < -0.4 is 0 Å². The number of halogens is 1. The van der Waals surface area contributed by atoms with Crippen molar-refractivity contribution in [1.29, 1.82) is 0 Å². The van der Waals surface area contributed by atoms with E-state index in [1.807, 2.05) is 30.3 Å². The summed E-state index contributed by atoms with van der Waals surface area (Å²) in [6.45, 7) is 1.44. The summed E-state index contributed by atoms with van der Waals surface area (Å²) in [5.74, 6) is -0.784. The Balaban J connectivity index is 1.61. The molecule has 0 radical (unpaired) electrons. The first-order valence-electron chi connectivity index (χ1n) is 9.61. The zero-order chi connectivity index (χ0) is 20.8. The summed E-state index contributed by atoms with van der Waals surface area (Å²) in [5, 5.41) is 9.84. The smallest absolute Gasteiger partial charge is 0.238 e. The number of amides is 1. The van der Waals surface area contributed by atoms with Gasteiger partial charge >= 0.3 is 0 Å². The Morgan fingerprint density at radius 1 is 1.14 bits per heavy atom. The van der Waals surface area contributed by atoms with E-state index in [1.54, 1.807) is 17.9 Å². The summed E-state index contributed by atoms with van der Waals surface area (Å²) in [4.78, 5) is 14.1. The fraction of sp³-hybridized carbons (Fsp3) is 0.381. The first kappa shape index (κ1) is 20.0. The van der Waals surface area contributed by atoms with Crippen molar-refractivity contribution in [3.63, 3.8) is 0 Å². The highest BCUT2D eigenvalue weighted by atomic mass is 32.2. The summed E-state index contributed by atoms with van der Waals surface area (Å²) in [5.41, 5.74) is 2.55. The molecule has 4 rings (SSSR count). The van der Waals surface area contributed by atoms with Crippen LogP contribution in [0.3, 0.4) is 0 Å². The molecule has 3 atom stereocenters. The van der Waals surface area contributed by atoms with Crippen LogP contribution in [0.25, 0.3) is 11.1 Å². The largest absolute Gasteiger partial charge is 0.394 e. The van der Waals surface area contributed by atoms with Gasteiger partial charge in [0.05, 0.1) is 31.0 Å². The third kappa shape index (κ3) is 3.45. The molecule has 2 aliphatic heterocycles. The van der Waals surface area contributed by atoms with E-state index >= 15 is 0 Å². The second-order valence-electron chi connectivity index (χ2n) is 7.47. The Morgan fingerprint density at radius 3 is 2.48 bits per heavy atom. The Bertz CT molecular complexity index is 1030. The average Bonchev–Trinajstić information content (AvgIpc) is 2.70. The number of rotatable bonds is 5. The summed E-state index contributed by atoms with van der Waals surface area (Å²) in [7, 11) is -3.47. The van der Waals surface area contributed by atoms with E-state index in [0.717, 1.165) is 16.7 Å². The molecule has 2 aliphatic rings. The molecule has 0 aromatic heterocycles. The van der Waals surface area contributed by atoms with Crippen LogP contribution in [-0.2, 0) is 14.8 Å². The zero-order valence-electron chi connectivity index (χ0n) is 16.0. The van der Waals surface area contributed by atoms with Crippen molar-refractivity contribution in [1.82, 2.24) is 9.21 Å². The first-order chi connectivity index (χ1) is 13.9. The van der Waals surface area contributed by atoms with Gasteiger partial charge in [0.25, 0.3) is 0 Å². The van der Waals surface area contributed by atoms with Crippen LogP contribution in [0.2, 0.25) is 0 Å². The van der Waals surface area contributed by atoms with Gasteiger partial charge in [-0.05, 0) is 35.7 Å². The van der Waals surface area contributed by atoms with E-state index < -0.39 is 10.0 Å². The molecule has 2 fully saturated rings. The molecule has 0 unspecified atom stereocenters. The molecule has 0 spiro atoms. The monoisotopic (exact) mass is 418 g/mol. The number of hydrogen-bond acceptors (Lipinski definition) is 4. The minimum Gasteiger partial charge on any atom is -0.394 e. The molecule has 2 aromatic rings. The van der Waals surface area contributed by atoms with E-state index in [0.29, 0.717) is 0 Å². The number of nitrogens with zero attached hydrogens (tertiary/aromatic N) is 2. The molecule has 2 heterocycles. The minimum atomic E-state index is -3.47. The van der Waals surface area contributed by atoms with Crippen molar-refractivity contribution >= 4 is 15.9 Å². The number of fused-ring (bicyclic) bond motifs is 1. The lowest BCUT2D eigenvalue weighted by Gasteiger charge is -2.58. The number of benzene rings is 2. The summed E-state index contributed by atoms with van der Waals surface area (Å²) in [6, 6.07) is 13.2. The number of piperazine rings is 1. The van der Waals surface area contributed by atoms with E-state index in [1.165, 1.54) is 16.4 Å². The van der Waals surface area contributed by atoms with Gasteiger partial charge in [-0.1, -0.05) is 36.4 Å². The van der Waals surface area contributed by atoms with Crippen molar-refractivity contribution in [2.75, 3.05) is 25.4 Å². The quantitative estimate of drug-likeness (QED) is 0.804. The van der Waals surface area contributed by atoms with Gasteiger partial charge in [0.2, 0.25) is 15.9 Å². The predicted octanol–water partition coefficient (Wildman–Crippen LogP) is 1.81. The average molecular weight is 418 g/mol. The fourth-order valence-corrected chi connectivity index (χ4v) is 5.48. The molecule has 2 saturated heterocycles. The van der Waals surface area contributed by atoms with E-state index in [9.17, 15) is 22.7 Å². The van der Waals surface area contributed by atoms with Crippen molar-refractivity contribution in [3.8, 4) is 11.1 Å². The van der Waals surface area contributed by atoms with Crippen molar-refractivity contribution in [2.45, 2.75) is 24.9 Å². The van der Waals surface area contributed by atoms with Crippen LogP contribution in [-0.4, -0.2) is 66.2 Å². The van der Waals surface area contributed by atoms with E-state index in [4.69, 9.17) is 0 Å². The fourth-order valence-electron chi connectivity index (χ4n) is 4.43. The number of aliphatic hydroxyl groups excluding tert-OH is 1. The molecular weight excluding hydrogens is 395 g/mol. The number of sulfonamides is 1. The van der Waals surface area contributed by atoms with Crippen molar-refractivity contribution in [3.05, 3.63) is 59.9 Å². The predicted molar refractivity (Wildman–Crippen MR) is 107 cm³/mol. The highest BCUT2D eigenvalue weighted by Gasteiger charge is 2.55. The molecule has 6 nitrogen and oxygen atoms in total. The molecule has 0 bridgehead atoms. The maximum atomic E-state index is 13.5. The van der Waals surface area contributed by atoms with Gasteiger partial charge in [0.15, 0.2) is 0 Å². The first-order valence-corrected chi connectivity index (χ1v) is 11.2. The summed E-state index contributed by atoms with van der Waals surface area (Å²) >= 11 is 0. The standard InChI is InChI=1S/C21H23FN2O4S/c1-2-29(27,28)23-11-18-21(19(13-25)24(18)20(26)12-23)15-8-6-14(7-9-15)16-4-3-5-17(22)10-16/h3-10,18-19,21,25H,2,11-13H2,1H3/t18-,19+,21-/m0/s1. The third-order valence-corrected chi connectivity index (χ3v) is 7.73. The summed E-state index contributed by atoms with van der Waals surface area (Å²) in [6.07, 6.45) is 0. The molecule has 1 N–H and O–H groups in total. The van der Waals surface area contributed by atoms with E-state index in [2.05, 4.69) is 0 Å². The Hall–Kier alpha value is -2.29. The Kier molecular flexibility index (Phi) is 5.18. The van der Waals surface area contributed by atoms with Gasteiger partial charge in [-0.25, -0.2) is 12.8 Å². The number of hydrogen-bond donors (Lipinski definition) is 1. The van der Waals surface area contributed by atoms with Crippen molar-refractivity contribution in [2.24, 2.45) is 0 Å². The second kappa shape index (κ2) is 7.51. The molecular formula is C21H23FN2O4S. The van der Waals surface area contributed by atoms with Crippen LogP contribution in [0.15, 0.2) is 48.5 Å². The number of carbonyl (C=O) groups excluding carboxylic acids is 1. The molecule has 0 aliphatic carbocycles. The van der Waals surface area contributed by atoms with Gasteiger partial charge < -0.3 is 10.0 Å². The zero-order valence-corrected chi connectivity index (χ0v) is 16.8. The number of carbonyl (C=O) groups is 1. The molecule has 2 aromatic carbocycles. The lowest BCUT2D eigenvalue weighted by Crippen LogP contribution is -2.73. The van der Waals surface area contributed by atoms with Crippen LogP contribution in [0.4, 0.5) is 4.39 Å². The highest BCUT2D eigenvalue weighted by Crippen LogP contribution is 2.43. The third-order valence-electron chi connectivity index (χ3n) is 5.93. The van der Waals surface area contributed by atoms with Crippen LogP contribution >= 0.6 is 0 Å². The van der Waals surface area contributed by atoms with Gasteiger partial charge in [-0.15, -0.1) is 0 Å². The van der Waals surface area contributed by atoms with Gasteiger partial charge in [0.1, 0.15) is 5.82 Å².